The maximum absolute atomic E-state index is 12.8. The molecule has 0 bridgehead atoms. The van der Waals surface area contributed by atoms with Crippen LogP contribution in [0.4, 0.5) is 0 Å². The van der Waals surface area contributed by atoms with Crippen LogP contribution in [0.5, 0.6) is 0 Å². The molecule has 0 saturated carbocycles. The highest BCUT2D eigenvalue weighted by molar-refractivity contribution is 7.89. The van der Waals surface area contributed by atoms with E-state index in [9.17, 15) is 13.2 Å². The van der Waals surface area contributed by atoms with Crippen LogP contribution in [0, 0.1) is 0 Å². The molecule has 1 saturated heterocycles. The first kappa shape index (κ1) is 19.6. The Morgan fingerprint density at radius 3 is 2.55 bits per heavy atom. The summed E-state index contributed by atoms with van der Waals surface area (Å²) in [6.45, 7) is 0.978. The van der Waals surface area contributed by atoms with E-state index in [1.807, 2.05) is 48.5 Å². The Kier molecular flexibility index (Phi) is 5.62. The third-order valence-corrected chi connectivity index (χ3v) is 6.50. The number of amides is 1. The van der Waals surface area contributed by atoms with Gasteiger partial charge in [-0.25, -0.2) is 13.1 Å². The molecule has 7 heteroatoms. The standard InChI is InChI=1S/C22H22N2O4S/c25-22(24-13-14-28-20(16-24)18-8-2-1-3-9-18)15-23-29(26,27)21-12-6-10-17-7-4-5-11-19(17)21/h1-12,20,23H,13-16H2/t20-/m0/s1. The van der Waals surface area contributed by atoms with E-state index in [1.165, 1.54) is 0 Å². The van der Waals surface area contributed by atoms with E-state index in [0.717, 1.165) is 10.9 Å². The molecule has 1 amide bonds. The minimum Gasteiger partial charge on any atom is -0.370 e. The molecule has 1 fully saturated rings. The number of carbonyl (C=O) groups excluding carboxylic acids is 1. The van der Waals surface area contributed by atoms with Crippen LogP contribution in [-0.4, -0.2) is 45.5 Å². The van der Waals surface area contributed by atoms with E-state index in [0.29, 0.717) is 25.1 Å². The highest BCUT2D eigenvalue weighted by Crippen LogP contribution is 2.23. The van der Waals surface area contributed by atoms with E-state index in [4.69, 9.17) is 4.74 Å². The van der Waals surface area contributed by atoms with Gasteiger partial charge in [0.1, 0.15) is 6.10 Å². The fourth-order valence-electron chi connectivity index (χ4n) is 3.52. The topological polar surface area (TPSA) is 75.7 Å². The quantitative estimate of drug-likeness (QED) is 0.702. The number of nitrogens with zero attached hydrogens (tertiary/aromatic N) is 1. The van der Waals surface area contributed by atoms with Gasteiger partial charge in [-0.2, -0.15) is 0 Å². The molecule has 1 heterocycles. The highest BCUT2D eigenvalue weighted by atomic mass is 32.2. The molecule has 29 heavy (non-hydrogen) atoms. The summed E-state index contributed by atoms with van der Waals surface area (Å²) in [7, 11) is -3.82. The Labute approximate surface area is 170 Å². The van der Waals surface area contributed by atoms with E-state index < -0.39 is 10.0 Å². The van der Waals surface area contributed by atoms with Gasteiger partial charge >= 0.3 is 0 Å². The summed E-state index contributed by atoms with van der Waals surface area (Å²) in [4.78, 5) is 14.5. The molecule has 0 radical (unpaired) electrons. The summed E-state index contributed by atoms with van der Waals surface area (Å²) < 4.78 is 33.9. The molecule has 3 aromatic rings. The van der Waals surface area contributed by atoms with Gasteiger partial charge in [-0.1, -0.05) is 66.7 Å². The number of rotatable bonds is 5. The summed E-state index contributed by atoms with van der Waals surface area (Å²) >= 11 is 0. The highest BCUT2D eigenvalue weighted by Gasteiger charge is 2.26. The van der Waals surface area contributed by atoms with Gasteiger partial charge in [-0.3, -0.25) is 4.79 Å². The molecular weight excluding hydrogens is 388 g/mol. The second-order valence-corrected chi connectivity index (χ2v) is 8.65. The van der Waals surface area contributed by atoms with Gasteiger partial charge in [0.2, 0.25) is 15.9 Å². The Bertz CT molecular complexity index is 1110. The first-order chi connectivity index (χ1) is 14.0. The number of carbonyl (C=O) groups is 1. The molecule has 0 aliphatic carbocycles. The summed E-state index contributed by atoms with van der Waals surface area (Å²) in [6, 6.07) is 22.1. The van der Waals surface area contributed by atoms with Crippen molar-refractivity contribution in [3.8, 4) is 0 Å². The lowest BCUT2D eigenvalue weighted by atomic mass is 10.1. The van der Waals surface area contributed by atoms with E-state index >= 15 is 0 Å². The van der Waals surface area contributed by atoms with Crippen LogP contribution in [0.3, 0.4) is 0 Å². The number of ether oxygens (including phenoxy) is 1. The van der Waals surface area contributed by atoms with Crippen LogP contribution in [0.25, 0.3) is 10.8 Å². The van der Waals surface area contributed by atoms with Gasteiger partial charge in [0.15, 0.2) is 0 Å². The first-order valence-corrected chi connectivity index (χ1v) is 10.9. The van der Waals surface area contributed by atoms with Gasteiger partial charge < -0.3 is 9.64 Å². The number of hydrogen-bond donors (Lipinski definition) is 1. The summed E-state index contributed by atoms with van der Waals surface area (Å²) in [5.74, 6) is -0.266. The van der Waals surface area contributed by atoms with Gasteiger partial charge in [0, 0.05) is 11.9 Å². The van der Waals surface area contributed by atoms with Gasteiger partial charge in [0.25, 0.3) is 0 Å². The van der Waals surface area contributed by atoms with E-state index in [2.05, 4.69) is 4.72 Å². The molecule has 150 valence electrons. The lowest BCUT2D eigenvalue weighted by Gasteiger charge is -2.33. The molecule has 1 N–H and O–H groups in total. The zero-order chi connectivity index (χ0) is 20.3. The molecule has 3 aromatic carbocycles. The third-order valence-electron chi connectivity index (χ3n) is 5.04. The van der Waals surface area contributed by atoms with Crippen molar-refractivity contribution in [2.45, 2.75) is 11.0 Å². The van der Waals surface area contributed by atoms with Crippen molar-refractivity contribution in [3.63, 3.8) is 0 Å². The summed E-state index contributed by atoms with van der Waals surface area (Å²) in [6.07, 6.45) is -0.205. The van der Waals surface area contributed by atoms with Gasteiger partial charge in [0.05, 0.1) is 24.6 Å². The minimum atomic E-state index is -3.82. The maximum Gasteiger partial charge on any atom is 0.241 e. The molecule has 1 atom stereocenters. The van der Waals surface area contributed by atoms with Crippen molar-refractivity contribution in [2.75, 3.05) is 26.2 Å². The van der Waals surface area contributed by atoms with E-state index in [1.54, 1.807) is 29.2 Å². The molecular formula is C22H22N2O4S. The Morgan fingerprint density at radius 1 is 1.00 bits per heavy atom. The molecule has 1 aliphatic heterocycles. The van der Waals surface area contributed by atoms with Crippen molar-refractivity contribution in [1.29, 1.82) is 0 Å². The Hall–Kier alpha value is -2.74. The van der Waals surface area contributed by atoms with Crippen LogP contribution < -0.4 is 4.72 Å². The Morgan fingerprint density at radius 2 is 1.72 bits per heavy atom. The first-order valence-electron chi connectivity index (χ1n) is 9.46. The zero-order valence-electron chi connectivity index (χ0n) is 15.8. The number of fused-ring (bicyclic) bond motifs is 1. The average molecular weight is 410 g/mol. The predicted molar refractivity (Wildman–Crippen MR) is 111 cm³/mol. The fourth-order valence-corrected chi connectivity index (χ4v) is 4.72. The molecule has 6 nitrogen and oxygen atoms in total. The minimum absolute atomic E-state index is 0.174. The number of benzene rings is 3. The monoisotopic (exact) mass is 410 g/mol. The molecule has 4 rings (SSSR count). The maximum atomic E-state index is 12.8. The van der Waals surface area contributed by atoms with Crippen LogP contribution in [0.2, 0.25) is 0 Å². The second kappa shape index (κ2) is 8.32. The lowest BCUT2D eigenvalue weighted by Crippen LogP contribution is -2.46. The third kappa shape index (κ3) is 4.32. The zero-order valence-corrected chi connectivity index (χ0v) is 16.6. The van der Waals surface area contributed by atoms with Gasteiger partial charge in [-0.05, 0) is 17.0 Å². The van der Waals surface area contributed by atoms with Crippen LogP contribution in [0.15, 0.2) is 77.7 Å². The Balaban J connectivity index is 1.44. The molecule has 0 aromatic heterocycles. The van der Waals surface area contributed by atoms with Crippen LogP contribution >= 0.6 is 0 Å². The fraction of sp³-hybridized carbons (Fsp3) is 0.227. The largest absolute Gasteiger partial charge is 0.370 e. The average Bonchev–Trinajstić information content (AvgIpc) is 2.78. The van der Waals surface area contributed by atoms with E-state index in [-0.39, 0.29) is 23.5 Å². The van der Waals surface area contributed by atoms with Crippen molar-refractivity contribution < 1.29 is 17.9 Å². The molecule has 0 spiro atoms. The summed E-state index contributed by atoms with van der Waals surface area (Å²) in [5.41, 5.74) is 1.00. The van der Waals surface area contributed by atoms with Gasteiger partial charge in [-0.15, -0.1) is 0 Å². The van der Waals surface area contributed by atoms with Crippen molar-refractivity contribution >= 4 is 26.7 Å². The van der Waals surface area contributed by atoms with Crippen molar-refractivity contribution in [2.24, 2.45) is 0 Å². The normalized spacial score (nSPS) is 17.4. The number of morpholine rings is 1. The van der Waals surface area contributed by atoms with Crippen LogP contribution in [-0.2, 0) is 19.6 Å². The summed E-state index contributed by atoms with van der Waals surface area (Å²) in [5, 5.41) is 1.46. The van der Waals surface area contributed by atoms with Crippen molar-refractivity contribution in [1.82, 2.24) is 9.62 Å². The molecule has 1 aliphatic rings. The second-order valence-electron chi connectivity index (χ2n) is 6.91. The SMILES string of the molecule is O=C(CNS(=O)(=O)c1cccc2ccccc12)N1CCO[C@H](c2ccccc2)C1. The lowest BCUT2D eigenvalue weighted by molar-refractivity contribution is -0.137. The number of hydrogen-bond acceptors (Lipinski definition) is 4. The smallest absolute Gasteiger partial charge is 0.241 e. The van der Waals surface area contributed by atoms with Crippen molar-refractivity contribution in [3.05, 3.63) is 78.4 Å². The predicted octanol–water partition coefficient (Wildman–Crippen LogP) is 2.72. The molecule has 0 unspecified atom stereocenters. The number of sulfonamides is 1. The number of nitrogens with one attached hydrogen (secondary N) is 1. The van der Waals surface area contributed by atoms with Crippen LogP contribution in [0.1, 0.15) is 11.7 Å².